The molecule has 0 radical (unpaired) electrons. The molecule has 20 heavy (non-hydrogen) atoms. The van der Waals surface area contributed by atoms with E-state index in [2.05, 4.69) is 5.32 Å². The molecule has 1 aliphatic rings. The maximum absolute atomic E-state index is 12.3. The Morgan fingerprint density at radius 2 is 2.05 bits per heavy atom. The fraction of sp³-hybridized carbons (Fsp3) is 0.467. The number of rotatable bonds is 5. The third-order valence-corrected chi connectivity index (χ3v) is 3.49. The van der Waals surface area contributed by atoms with Crippen molar-refractivity contribution in [3.05, 3.63) is 35.9 Å². The molecule has 0 aromatic heterocycles. The first-order valence-electron chi connectivity index (χ1n) is 6.94. The second-order valence-electron chi connectivity index (χ2n) is 4.92. The number of nitrogens with one attached hydrogen (secondary N) is 1. The highest BCUT2D eigenvalue weighted by atomic mass is 16.3. The van der Waals surface area contributed by atoms with Crippen LogP contribution in [-0.2, 0) is 16.0 Å². The standard InChI is InChI=1S/C15H20N2O3/c18-10-8-16-15(20)13-7-4-9-17(13)14(19)11-12-5-2-1-3-6-12/h1-3,5-6,13,18H,4,7-11H2,(H,16,20). The molecule has 1 aromatic rings. The van der Waals surface area contributed by atoms with E-state index >= 15 is 0 Å². The van der Waals surface area contributed by atoms with E-state index in [-0.39, 0.29) is 25.0 Å². The molecule has 1 aliphatic heterocycles. The molecular formula is C15H20N2O3. The lowest BCUT2D eigenvalue weighted by Gasteiger charge is -2.24. The fourth-order valence-electron chi connectivity index (χ4n) is 2.51. The molecule has 5 nitrogen and oxygen atoms in total. The summed E-state index contributed by atoms with van der Waals surface area (Å²) in [4.78, 5) is 25.9. The van der Waals surface area contributed by atoms with Crippen molar-refractivity contribution in [2.24, 2.45) is 0 Å². The number of aliphatic hydroxyl groups is 1. The molecule has 2 N–H and O–H groups in total. The molecule has 0 aliphatic carbocycles. The predicted molar refractivity (Wildman–Crippen MR) is 75.0 cm³/mol. The van der Waals surface area contributed by atoms with Gasteiger partial charge in [-0.05, 0) is 18.4 Å². The van der Waals surface area contributed by atoms with E-state index in [1.807, 2.05) is 30.3 Å². The summed E-state index contributed by atoms with van der Waals surface area (Å²) < 4.78 is 0. The van der Waals surface area contributed by atoms with Crippen molar-refractivity contribution in [1.29, 1.82) is 0 Å². The van der Waals surface area contributed by atoms with E-state index in [9.17, 15) is 9.59 Å². The minimum atomic E-state index is -0.391. The number of hydrogen-bond acceptors (Lipinski definition) is 3. The van der Waals surface area contributed by atoms with Crippen molar-refractivity contribution in [3.8, 4) is 0 Å². The van der Waals surface area contributed by atoms with Gasteiger partial charge in [-0.25, -0.2) is 0 Å². The van der Waals surface area contributed by atoms with Crippen LogP contribution in [-0.4, -0.2) is 47.6 Å². The van der Waals surface area contributed by atoms with Crippen molar-refractivity contribution in [3.63, 3.8) is 0 Å². The van der Waals surface area contributed by atoms with Crippen LogP contribution in [0.15, 0.2) is 30.3 Å². The van der Waals surface area contributed by atoms with Crippen LogP contribution in [0, 0.1) is 0 Å². The van der Waals surface area contributed by atoms with E-state index in [0.29, 0.717) is 19.4 Å². The highest BCUT2D eigenvalue weighted by molar-refractivity contribution is 5.89. The summed E-state index contributed by atoms with van der Waals surface area (Å²) in [7, 11) is 0. The van der Waals surface area contributed by atoms with E-state index in [0.717, 1.165) is 12.0 Å². The number of carbonyl (C=O) groups excluding carboxylic acids is 2. The zero-order chi connectivity index (χ0) is 14.4. The van der Waals surface area contributed by atoms with E-state index in [1.165, 1.54) is 0 Å². The number of nitrogens with zero attached hydrogens (tertiary/aromatic N) is 1. The Bertz CT molecular complexity index is 461. The van der Waals surface area contributed by atoms with Gasteiger partial charge >= 0.3 is 0 Å². The Morgan fingerprint density at radius 3 is 2.75 bits per heavy atom. The first-order valence-corrected chi connectivity index (χ1v) is 6.94. The Balaban J connectivity index is 1.96. The highest BCUT2D eigenvalue weighted by Gasteiger charge is 2.33. The van der Waals surface area contributed by atoms with Crippen LogP contribution < -0.4 is 5.32 Å². The van der Waals surface area contributed by atoms with Crippen LogP contribution >= 0.6 is 0 Å². The van der Waals surface area contributed by atoms with Crippen molar-refractivity contribution in [1.82, 2.24) is 10.2 Å². The number of amides is 2. The Morgan fingerprint density at radius 1 is 1.30 bits per heavy atom. The molecule has 0 spiro atoms. The van der Waals surface area contributed by atoms with Gasteiger partial charge in [0.05, 0.1) is 13.0 Å². The van der Waals surface area contributed by atoms with Gasteiger partial charge < -0.3 is 15.3 Å². The van der Waals surface area contributed by atoms with Crippen molar-refractivity contribution in [2.75, 3.05) is 19.7 Å². The van der Waals surface area contributed by atoms with E-state index in [4.69, 9.17) is 5.11 Å². The summed E-state index contributed by atoms with van der Waals surface area (Å²) >= 11 is 0. The maximum atomic E-state index is 12.3. The van der Waals surface area contributed by atoms with Crippen LogP contribution in [0.3, 0.4) is 0 Å². The smallest absolute Gasteiger partial charge is 0.242 e. The average molecular weight is 276 g/mol. The van der Waals surface area contributed by atoms with Crippen molar-refractivity contribution < 1.29 is 14.7 Å². The first-order chi connectivity index (χ1) is 9.72. The summed E-state index contributed by atoms with van der Waals surface area (Å²) in [6.45, 7) is 0.773. The Kier molecular flexibility index (Phi) is 5.12. The first kappa shape index (κ1) is 14.5. The fourth-order valence-corrected chi connectivity index (χ4v) is 2.51. The minimum Gasteiger partial charge on any atom is -0.395 e. The molecular weight excluding hydrogens is 256 g/mol. The van der Waals surface area contributed by atoms with Gasteiger partial charge in [0.1, 0.15) is 6.04 Å². The molecule has 0 bridgehead atoms. The largest absolute Gasteiger partial charge is 0.395 e. The SMILES string of the molecule is O=C(NCCO)C1CCCN1C(=O)Cc1ccccc1. The van der Waals surface area contributed by atoms with Gasteiger partial charge in [-0.2, -0.15) is 0 Å². The molecule has 1 unspecified atom stereocenters. The van der Waals surface area contributed by atoms with E-state index < -0.39 is 6.04 Å². The number of carbonyl (C=O) groups is 2. The summed E-state index contributed by atoms with van der Waals surface area (Å²) in [6, 6.07) is 9.15. The number of likely N-dealkylation sites (tertiary alicyclic amines) is 1. The van der Waals surface area contributed by atoms with E-state index in [1.54, 1.807) is 4.90 Å². The monoisotopic (exact) mass is 276 g/mol. The maximum Gasteiger partial charge on any atom is 0.242 e. The van der Waals surface area contributed by atoms with Gasteiger partial charge in [0.2, 0.25) is 11.8 Å². The topological polar surface area (TPSA) is 69.6 Å². The quantitative estimate of drug-likeness (QED) is 0.814. The van der Waals surface area contributed by atoms with Crippen LogP contribution in [0.25, 0.3) is 0 Å². The molecule has 1 atom stereocenters. The number of benzene rings is 1. The Labute approximate surface area is 118 Å². The van der Waals surface area contributed by atoms with Crippen LogP contribution in [0.5, 0.6) is 0 Å². The summed E-state index contributed by atoms with van der Waals surface area (Å²) in [5.41, 5.74) is 0.957. The van der Waals surface area contributed by atoms with Gasteiger partial charge in [-0.1, -0.05) is 30.3 Å². The van der Waals surface area contributed by atoms with Crippen molar-refractivity contribution >= 4 is 11.8 Å². The number of hydrogen-bond donors (Lipinski definition) is 2. The molecule has 5 heteroatoms. The molecule has 2 amide bonds. The van der Waals surface area contributed by atoms with Crippen LogP contribution in [0.1, 0.15) is 18.4 Å². The third kappa shape index (κ3) is 3.57. The summed E-state index contributed by atoms with van der Waals surface area (Å²) in [5, 5.41) is 11.4. The second kappa shape index (κ2) is 7.05. The Hall–Kier alpha value is -1.88. The average Bonchev–Trinajstić information content (AvgIpc) is 2.95. The van der Waals surface area contributed by atoms with Gasteiger partial charge in [0.25, 0.3) is 0 Å². The lowest BCUT2D eigenvalue weighted by Crippen LogP contribution is -2.47. The molecule has 1 saturated heterocycles. The highest BCUT2D eigenvalue weighted by Crippen LogP contribution is 2.18. The summed E-state index contributed by atoms with van der Waals surface area (Å²) in [5.74, 6) is -0.184. The van der Waals surface area contributed by atoms with Gasteiger partial charge in [-0.3, -0.25) is 9.59 Å². The molecule has 108 valence electrons. The lowest BCUT2D eigenvalue weighted by molar-refractivity contribution is -0.138. The van der Waals surface area contributed by atoms with Crippen LogP contribution in [0.2, 0.25) is 0 Å². The molecule has 1 aromatic carbocycles. The molecule has 1 fully saturated rings. The van der Waals surface area contributed by atoms with Gasteiger partial charge in [-0.15, -0.1) is 0 Å². The van der Waals surface area contributed by atoms with Gasteiger partial charge in [0, 0.05) is 13.1 Å². The normalized spacial score (nSPS) is 18.1. The minimum absolute atomic E-state index is 0.0159. The van der Waals surface area contributed by atoms with Gasteiger partial charge in [0.15, 0.2) is 0 Å². The lowest BCUT2D eigenvalue weighted by atomic mass is 10.1. The second-order valence-corrected chi connectivity index (χ2v) is 4.92. The third-order valence-electron chi connectivity index (χ3n) is 3.49. The molecule has 0 saturated carbocycles. The molecule has 1 heterocycles. The molecule has 2 rings (SSSR count). The van der Waals surface area contributed by atoms with Crippen LogP contribution in [0.4, 0.5) is 0 Å². The zero-order valence-corrected chi connectivity index (χ0v) is 11.4. The number of aliphatic hydroxyl groups excluding tert-OH is 1. The zero-order valence-electron chi connectivity index (χ0n) is 11.4. The van der Waals surface area contributed by atoms with Crippen molar-refractivity contribution in [2.45, 2.75) is 25.3 Å². The predicted octanol–water partition coefficient (Wildman–Crippen LogP) is 0.329. The summed E-state index contributed by atoms with van der Waals surface area (Å²) in [6.07, 6.45) is 1.86.